The van der Waals surface area contributed by atoms with Crippen LogP contribution in [0.25, 0.3) is 11.3 Å². The number of aryl methyl sites for hydroxylation is 1. The minimum absolute atomic E-state index is 0.109. The monoisotopic (exact) mass is 511 g/mol. The van der Waals surface area contributed by atoms with Crippen molar-refractivity contribution in [1.82, 2.24) is 14.7 Å². The second kappa shape index (κ2) is 13.7. The van der Waals surface area contributed by atoms with E-state index < -0.39 is 6.10 Å². The van der Waals surface area contributed by atoms with Crippen LogP contribution < -0.4 is 4.74 Å². The van der Waals surface area contributed by atoms with Crippen molar-refractivity contribution >= 4 is 0 Å². The number of benzene rings is 2. The maximum absolute atomic E-state index is 13.9. The number of nitrogens with zero attached hydrogens (tertiary/aromatic N) is 3. The summed E-state index contributed by atoms with van der Waals surface area (Å²) in [5.74, 6) is 0.574. The second-order valence-corrected chi connectivity index (χ2v) is 9.59. The van der Waals surface area contributed by atoms with Gasteiger partial charge in [0.15, 0.2) is 0 Å². The van der Waals surface area contributed by atoms with E-state index in [0.29, 0.717) is 37.9 Å². The smallest absolute Gasteiger partial charge is 0.222 e. The number of ether oxygens (including phenoxy) is 3. The van der Waals surface area contributed by atoms with E-state index in [4.69, 9.17) is 19.3 Å². The van der Waals surface area contributed by atoms with Gasteiger partial charge < -0.3 is 19.3 Å². The Morgan fingerprint density at radius 3 is 2.78 bits per heavy atom. The molecule has 37 heavy (non-hydrogen) atoms. The minimum Gasteiger partial charge on any atom is -0.439 e. The number of aromatic nitrogens is 2. The van der Waals surface area contributed by atoms with Crippen molar-refractivity contribution in [3.8, 4) is 22.9 Å². The lowest BCUT2D eigenvalue weighted by molar-refractivity contribution is 0.00144. The van der Waals surface area contributed by atoms with E-state index in [0.717, 1.165) is 49.1 Å². The summed E-state index contributed by atoms with van der Waals surface area (Å²) < 4.78 is 33.4. The molecule has 8 heteroatoms. The first kappa shape index (κ1) is 27.3. The van der Waals surface area contributed by atoms with Gasteiger partial charge >= 0.3 is 0 Å². The second-order valence-electron chi connectivity index (χ2n) is 9.59. The molecule has 4 rings (SSSR count). The van der Waals surface area contributed by atoms with Gasteiger partial charge in [-0.25, -0.2) is 9.07 Å². The Kier molecular flexibility index (Phi) is 10.1. The molecule has 200 valence electrons. The number of halogens is 1. The highest BCUT2D eigenvalue weighted by Gasteiger charge is 2.26. The fourth-order valence-corrected chi connectivity index (χ4v) is 4.61. The van der Waals surface area contributed by atoms with Crippen LogP contribution in [0.15, 0.2) is 54.6 Å². The molecular weight excluding hydrogens is 473 g/mol. The molecule has 0 radical (unpaired) electrons. The summed E-state index contributed by atoms with van der Waals surface area (Å²) in [6, 6.07) is 16.0. The summed E-state index contributed by atoms with van der Waals surface area (Å²) in [4.78, 5) is 2.19. The van der Waals surface area contributed by atoms with Gasteiger partial charge in [0.1, 0.15) is 17.3 Å². The lowest BCUT2D eigenvalue weighted by atomic mass is 10.1. The van der Waals surface area contributed by atoms with Crippen LogP contribution in [0, 0.1) is 5.82 Å². The summed E-state index contributed by atoms with van der Waals surface area (Å²) in [6.45, 7) is 5.39. The fraction of sp³-hybridized carbons (Fsp3) is 0.483. The van der Waals surface area contributed by atoms with Crippen molar-refractivity contribution in [3.05, 3.63) is 66.0 Å². The zero-order chi connectivity index (χ0) is 26.0. The van der Waals surface area contributed by atoms with E-state index in [9.17, 15) is 9.50 Å². The number of unbranched alkanes of at least 4 members (excludes halogenated alkanes) is 1. The highest BCUT2D eigenvalue weighted by Crippen LogP contribution is 2.34. The van der Waals surface area contributed by atoms with Gasteiger partial charge in [-0.15, -0.1) is 0 Å². The zero-order valence-electron chi connectivity index (χ0n) is 21.8. The van der Waals surface area contributed by atoms with Crippen LogP contribution in [0.3, 0.4) is 0 Å². The van der Waals surface area contributed by atoms with E-state index in [2.05, 4.69) is 11.8 Å². The molecule has 1 N–H and O–H groups in total. The molecule has 0 spiro atoms. The number of aliphatic hydroxyl groups excluding tert-OH is 1. The quantitative estimate of drug-likeness (QED) is 0.301. The third-order valence-corrected chi connectivity index (χ3v) is 6.43. The number of aliphatic hydroxyl groups is 1. The topological polar surface area (TPSA) is 69.0 Å². The van der Waals surface area contributed by atoms with Gasteiger partial charge in [-0.3, -0.25) is 4.90 Å². The largest absolute Gasteiger partial charge is 0.439 e. The lowest BCUT2D eigenvalue weighted by Gasteiger charge is -2.28. The predicted molar refractivity (Wildman–Crippen MR) is 141 cm³/mol. The van der Waals surface area contributed by atoms with Gasteiger partial charge in [0.05, 0.1) is 24.4 Å². The molecule has 2 aromatic carbocycles. The van der Waals surface area contributed by atoms with E-state index in [-0.39, 0.29) is 18.5 Å². The van der Waals surface area contributed by atoms with E-state index in [1.807, 2.05) is 37.4 Å². The molecule has 0 bridgehead atoms. The zero-order valence-corrected chi connectivity index (χ0v) is 21.8. The van der Waals surface area contributed by atoms with Gasteiger partial charge in [-0.05, 0) is 31.4 Å². The molecule has 0 amide bonds. The first-order valence-electron chi connectivity index (χ1n) is 13.2. The van der Waals surface area contributed by atoms with Crippen molar-refractivity contribution in [2.75, 3.05) is 32.9 Å². The fourth-order valence-electron chi connectivity index (χ4n) is 4.61. The van der Waals surface area contributed by atoms with Crippen LogP contribution in [0.2, 0.25) is 0 Å². The summed E-state index contributed by atoms with van der Waals surface area (Å²) in [5, 5.41) is 15.6. The lowest BCUT2D eigenvalue weighted by Crippen LogP contribution is -2.39. The van der Waals surface area contributed by atoms with Crippen molar-refractivity contribution in [2.24, 2.45) is 7.05 Å². The molecule has 0 saturated carbocycles. The molecule has 1 saturated heterocycles. The molecule has 0 unspecified atom stereocenters. The third-order valence-electron chi connectivity index (χ3n) is 6.43. The standard InChI is InChI=1S/C29H38FN3O4/c1-3-4-15-35-21-24(34)18-33(19-26-14-9-16-36-26)20-27-28(22-10-6-5-7-11-22)31-32(2)29(27)37-25-13-8-12-23(30)17-25/h5-8,10-13,17,24,26,34H,3-4,9,14-16,18-21H2,1-2H3/t24-,26-/m1/s1. The third kappa shape index (κ3) is 7.85. The highest BCUT2D eigenvalue weighted by molar-refractivity contribution is 5.65. The van der Waals surface area contributed by atoms with Crippen LogP contribution in [0.5, 0.6) is 11.6 Å². The molecule has 2 heterocycles. The summed E-state index contributed by atoms with van der Waals surface area (Å²) >= 11 is 0. The maximum atomic E-state index is 13.9. The van der Waals surface area contributed by atoms with Crippen molar-refractivity contribution in [2.45, 2.75) is 51.4 Å². The summed E-state index contributed by atoms with van der Waals surface area (Å²) in [7, 11) is 1.82. The van der Waals surface area contributed by atoms with E-state index >= 15 is 0 Å². The Hall–Kier alpha value is -2.78. The Balaban J connectivity index is 1.62. The molecule has 1 aromatic heterocycles. The normalized spacial score (nSPS) is 16.4. The van der Waals surface area contributed by atoms with E-state index in [1.54, 1.807) is 16.8 Å². The van der Waals surface area contributed by atoms with Gasteiger partial charge in [0.25, 0.3) is 0 Å². The first-order chi connectivity index (χ1) is 18.0. The van der Waals surface area contributed by atoms with Crippen molar-refractivity contribution < 1.29 is 23.7 Å². The van der Waals surface area contributed by atoms with Crippen LogP contribution >= 0.6 is 0 Å². The van der Waals surface area contributed by atoms with Gasteiger partial charge in [-0.2, -0.15) is 5.10 Å². The molecule has 0 aliphatic carbocycles. The average Bonchev–Trinajstić information content (AvgIpc) is 3.51. The van der Waals surface area contributed by atoms with Crippen LogP contribution in [-0.4, -0.2) is 64.9 Å². The van der Waals surface area contributed by atoms with Crippen molar-refractivity contribution in [3.63, 3.8) is 0 Å². The first-order valence-corrected chi connectivity index (χ1v) is 13.2. The summed E-state index contributed by atoms with van der Waals surface area (Å²) in [5.41, 5.74) is 2.62. The molecule has 1 aliphatic heterocycles. The molecule has 1 aliphatic rings. The van der Waals surface area contributed by atoms with Crippen molar-refractivity contribution in [1.29, 1.82) is 0 Å². The molecule has 3 aromatic rings. The van der Waals surface area contributed by atoms with Crippen LogP contribution in [0.4, 0.5) is 4.39 Å². The molecule has 1 fully saturated rings. The average molecular weight is 512 g/mol. The number of hydrogen-bond donors (Lipinski definition) is 1. The number of rotatable bonds is 14. The van der Waals surface area contributed by atoms with Gasteiger partial charge in [0.2, 0.25) is 5.88 Å². The molecular formula is C29H38FN3O4. The summed E-state index contributed by atoms with van der Waals surface area (Å²) in [6.07, 6.45) is 3.53. The van der Waals surface area contributed by atoms with Crippen LogP contribution in [-0.2, 0) is 23.1 Å². The predicted octanol–water partition coefficient (Wildman–Crippen LogP) is 5.18. The maximum Gasteiger partial charge on any atom is 0.222 e. The van der Waals surface area contributed by atoms with Crippen LogP contribution in [0.1, 0.15) is 38.2 Å². The van der Waals surface area contributed by atoms with Gasteiger partial charge in [0, 0.05) is 51.5 Å². The van der Waals surface area contributed by atoms with E-state index in [1.165, 1.54) is 12.1 Å². The SMILES string of the molecule is CCCCOC[C@H](O)CN(Cc1c(-c2ccccc2)nn(C)c1Oc1cccc(F)c1)C[C@H]1CCCO1. The molecule has 7 nitrogen and oxygen atoms in total. The minimum atomic E-state index is -0.636. The molecule has 2 atom stereocenters. The number of hydrogen-bond acceptors (Lipinski definition) is 6. The highest BCUT2D eigenvalue weighted by atomic mass is 19.1. The van der Waals surface area contributed by atoms with Gasteiger partial charge in [-0.1, -0.05) is 49.7 Å². The Bertz CT molecular complexity index is 1100. The Morgan fingerprint density at radius 2 is 2.05 bits per heavy atom. The Labute approximate surface area is 218 Å². The Morgan fingerprint density at radius 1 is 1.22 bits per heavy atom.